The Kier molecular flexibility index (Phi) is 9.09. The van der Waals surface area contributed by atoms with E-state index >= 15 is 0 Å². The molecule has 0 aliphatic carbocycles. The van der Waals surface area contributed by atoms with Gasteiger partial charge in [-0.25, -0.2) is 4.79 Å². The Bertz CT molecular complexity index is 1470. The second kappa shape index (κ2) is 12.5. The SMILES string of the molecule is C=CCO[C@@H]1[C@H]([C@H](O)Cn2c(=O)n(C[C@H](O)[C@@H]3O[C@@H]4OC(C)(C)O[C@@H]4[C@@H]3OCC=C)c3cc(Cl)ccc32)O[C@H]2OC(C)(C)O[C@@H]21. The van der Waals surface area contributed by atoms with Crippen molar-refractivity contribution >= 4 is 22.6 Å². The van der Waals surface area contributed by atoms with Crippen molar-refractivity contribution in [2.24, 2.45) is 0 Å². The highest BCUT2D eigenvalue weighted by Gasteiger charge is 2.58. The van der Waals surface area contributed by atoms with Crippen molar-refractivity contribution in [3.63, 3.8) is 0 Å². The maximum atomic E-state index is 14.0. The molecule has 4 saturated heterocycles. The van der Waals surface area contributed by atoms with Gasteiger partial charge < -0.3 is 48.1 Å². The summed E-state index contributed by atoms with van der Waals surface area (Å²) in [5.74, 6) is -1.76. The summed E-state index contributed by atoms with van der Waals surface area (Å²) in [7, 11) is 0. The predicted molar refractivity (Wildman–Crippen MR) is 160 cm³/mol. The number of imidazole rings is 1. The number of halogens is 1. The van der Waals surface area contributed by atoms with E-state index in [1.165, 1.54) is 9.13 Å². The van der Waals surface area contributed by atoms with Gasteiger partial charge in [0.15, 0.2) is 24.2 Å². The van der Waals surface area contributed by atoms with Crippen molar-refractivity contribution in [1.82, 2.24) is 9.13 Å². The molecule has 0 amide bonds. The zero-order valence-corrected chi connectivity index (χ0v) is 26.5. The van der Waals surface area contributed by atoms with E-state index in [4.69, 9.17) is 49.5 Å². The van der Waals surface area contributed by atoms with E-state index in [0.29, 0.717) is 16.1 Å². The molecular weight excluding hydrogens is 612 g/mol. The highest BCUT2D eigenvalue weighted by molar-refractivity contribution is 6.31. The van der Waals surface area contributed by atoms with E-state index in [0.717, 1.165) is 0 Å². The van der Waals surface area contributed by atoms with E-state index in [-0.39, 0.29) is 26.3 Å². The summed E-state index contributed by atoms with van der Waals surface area (Å²) >= 11 is 6.35. The van der Waals surface area contributed by atoms with Crippen LogP contribution in [0.3, 0.4) is 0 Å². The van der Waals surface area contributed by atoms with E-state index < -0.39 is 78.7 Å². The van der Waals surface area contributed by atoms with Crippen LogP contribution in [0, 0.1) is 0 Å². The average Bonchev–Trinajstić information content (AvgIpc) is 3.70. The molecule has 4 fully saturated rings. The number of aliphatic hydroxyl groups excluding tert-OH is 2. The first-order valence-corrected chi connectivity index (χ1v) is 15.4. The third-order valence-corrected chi connectivity index (χ3v) is 8.58. The Morgan fingerprint density at radius 2 is 1.31 bits per heavy atom. The normalized spacial score (nSPS) is 34.6. The maximum Gasteiger partial charge on any atom is 0.329 e. The average molecular weight is 653 g/mol. The number of hydrogen-bond donors (Lipinski definition) is 2. The molecule has 0 radical (unpaired) electrons. The fourth-order valence-corrected chi connectivity index (χ4v) is 6.76. The zero-order valence-electron chi connectivity index (χ0n) is 25.7. The van der Waals surface area contributed by atoms with Crippen molar-refractivity contribution in [1.29, 1.82) is 0 Å². The van der Waals surface area contributed by atoms with Crippen molar-refractivity contribution < 1.29 is 48.1 Å². The smallest absolute Gasteiger partial charge is 0.329 e. The molecule has 10 atom stereocenters. The Hall–Kier alpha value is -2.14. The number of ether oxygens (including phenoxy) is 8. The lowest BCUT2D eigenvalue weighted by atomic mass is 10.1. The van der Waals surface area contributed by atoms with Crippen LogP contribution in [0.25, 0.3) is 11.0 Å². The van der Waals surface area contributed by atoms with Gasteiger partial charge in [0.2, 0.25) is 0 Å². The van der Waals surface area contributed by atoms with E-state index in [1.54, 1.807) is 58.0 Å². The summed E-state index contributed by atoms with van der Waals surface area (Å²) in [6.45, 7) is 14.6. The Morgan fingerprint density at radius 1 is 0.844 bits per heavy atom. The molecule has 0 bridgehead atoms. The van der Waals surface area contributed by atoms with Crippen LogP contribution in [0.4, 0.5) is 0 Å². The van der Waals surface area contributed by atoms with Crippen LogP contribution < -0.4 is 5.69 Å². The van der Waals surface area contributed by atoms with Gasteiger partial charge in [0, 0.05) is 5.02 Å². The molecule has 2 N–H and O–H groups in total. The van der Waals surface area contributed by atoms with Crippen LogP contribution in [0.15, 0.2) is 48.3 Å². The van der Waals surface area contributed by atoms with Gasteiger partial charge in [0.1, 0.15) is 48.8 Å². The summed E-state index contributed by atoms with van der Waals surface area (Å²) in [4.78, 5) is 14.0. The van der Waals surface area contributed by atoms with Crippen LogP contribution in [-0.4, -0.2) is 106 Å². The molecule has 1 aromatic carbocycles. The number of fused-ring (bicyclic) bond motifs is 3. The highest BCUT2D eigenvalue weighted by atomic mass is 35.5. The molecule has 45 heavy (non-hydrogen) atoms. The van der Waals surface area contributed by atoms with Gasteiger partial charge >= 0.3 is 5.69 Å². The molecule has 1 aromatic heterocycles. The molecule has 4 aliphatic heterocycles. The summed E-state index contributed by atoms with van der Waals surface area (Å²) in [5, 5.41) is 23.3. The molecule has 13 nitrogen and oxygen atoms in total. The van der Waals surface area contributed by atoms with Gasteiger partial charge in [0.05, 0.1) is 37.3 Å². The van der Waals surface area contributed by atoms with E-state index in [9.17, 15) is 15.0 Å². The first-order chi connectivity index (χ1) is 21.3. The van der Waals surface area contributed by atoms with Gasteiger partial charge in [-0.3, -0.25) is 9.13 Å². The van der Waals surface area contributed by atoms with Gasteiger partial charge in [-0.2, -0.15) is 0 Å². The van der Waals surface area contributed by atoms with Crippen molar-refractivity contribution in [3.05, 3.63) is 59.0 Å². The topological polar surface area (TPSA) is 141 Å². The molecular formula is C31H41ClN2O11. The summed E-state index contributed by atoms with van der Waals surface area (Å²) < 4.78 is 50.6. The zero-order chi connectivity index (χ0) is 32.3. The minimum absolute atomic E-state index is 0.145. The number of hydrogen-bond acceptors (Lipinski definition) is 11. The largest absolute Gasteiger partial charge is 0.388 e. The van der Waals surface area contributed by atoms with Crippen molar-refractivity contribution in [2.45, 2.75) is 114 Å². The standard InChI is InChI=1S/C31H41ClN2O11/c1-7-11-38-23-21(40-27-25(23)42-30(3,4)44-27)19(35)14-33-17-10-9-16(32)13-18(17)34(29(33)37)15-20(36)22-24(39-12-8-2)26-28(41-22)45-31(5,6)43-26/h7-10,13,19-28,35-36H,1-2,11-12,14-15H2,3-6H3/t19-,20+,21+,22+,23-,24-,25-,26-,27+,28-/m1/s1. The molecule has 4 aliphatic rings. The summed E-state index contributed by atoms with van der Waals surface area (Å²) in [5.41, 5.74) is 0.491. The number of rotatable bonds is 12. The molecule has 248 valence electrons. The summed E-state index contributed by atoms with van der Waals surface area (Å²) in [6, 6.07) is 4.98. The van der Waals surface area contributed by atoms with Crippen LogP contribution in [0.2, 0.25) is 5.02 Å². The Balaban J connectivity index is 1.25. The second-order valence-electron chi connectivity index (χ2n) is 12.6. The first-order valence-electron chi connectivity index (χ1n) is 15.0. The lowest BCUT2D eigenvalue weighted by molar-refractivity contribution is -0.229. The van der Waals surface area contributed by atoms with Gasteiger partial charge in [-0.1, -0.05) is 23.8 Å². The lowest BCUT2D eigenvalue weighted by Crippen LogP contribution is -2.46. The lowest BCUT2D eigenvalue weighted by Gasteiger charge is -2.28. The molecule has 5 heterocycles. The van der Waals surface area contributed by atoms with Crippen LogP contribution >= 0.6 is 11.6 Å². The third-order valence-electron chi connectivity index (χ3n) is 8.35. The fourth-order valence-electron chi connectivity index (χ4n) is 6.59. The predicted octanol–water partition coefficient (Wildman–Crippen LogP) is 2.07. The molecule has 0 unspecified atom stereocenters. The van der Waals surface area contributed by atoms with Gasteiger partial charge in [-0.05, 0) is 45.9 Å². The van der Waals surface area contributed by atoms with Gasteiger partial charge in [0.25, 0.3) is 0 Å². The molecule has 0 spiro atoms. The van der Waals surface area contributed by atoms with E-state index in [2.05, 4.69) is 13.2 Å². The fraction of sp³-hybridized carbons (Fsp3) is 0.645. The number of aromatic nitrogens is 2. The number of aliphatic hydroxyl groups is 2. The van der Waals surface area contributed by atoms with Gasteiger partial charge in [-0.15, -0.1) is 13.2 Å². The maximum absolute atomic E-state index is 14.0. The summed E-state index contributed by atoms with van der Waals surface area (Å²) in [6.07, 6.45) is -4.95. The minimum Gasteiger partial charge on any atom is -0.388 e. The quantitative estimate of drug-likeness (QED) is 0.326. The van der Waals surface area contributed by atoms with Crippen molar-refractivity contribution in [3.8, 4) is 0 Å². The number of nitrogens with zero attached hydrogens (tertiary/aromatic N) is 2. The second-order valence-corrected chi connectivity index (χ2v) is 13.0. The molecule has 0 saturated carbocycles. The van der Waals surface area contributed by atoms with Crippen molar-refractivity contribution in [2.75, 3.05) is 13.2 Å². The highest BCUT2D eigenvalue weighted by Crippen LogP contribution is 2.41. The first kappa shape index (κ1) is 32.8. The van der Waals surface area contributed by atoms with Crippen LogP contribution in [0.5, 0.6) is 0 Å². The third kappa shape index (κ3) is 6.29. The Morgan fingerprint density at radius 3 is 1.78 bits per heavy atom. The monoisotopic (exact) mass is 652 g/mol. The Labute approximate surface area is 265 Å². The van der Waals surface area contributed by atoms with E-state index in [1.807, 2.05) is 0 Å². The molecule has 2 aromatic rings. The van der Waals surface area contributed by atoms with Crippen LogP contribution in [0.1, 0.15) is 27.7 Å². The number of benzene rings is 1. The van der Waals surface area contributed by atoms with Crippen LogP contribution in [-0.2, 0) is 51.0 Å². The minimum atomic E-state index is -1.20. The molecule has 14 heteroatoms. The molecule has 6 rings (SSSR count).